The van der Waals surface area contributed by atoms with Gasteiger partial charge in [0.1, 0.15) is 35.5 Å². The van der Waals surface area contributed by atoms with Crippen molar-refractivity contribution in [3.8, 4) is 0 Å². The number of amides is 1. The van der Waals surface area contributed by atoms with Gasteiger partial charge in [0, 0.05) is 6.04 Å². The number of hydrogen-bond acceptors (Lipinski definition) is 9. The van der Waals surface area contributed by atoms with E-state index in [4.69, 9.17) is 32.6 Å². The standard InChI is InChI=1S/C12H22N6O5/c13-6(10(14)15)7(17-4-1-2-4)11(22)18(16)12-9(21)8(20)5(3-19)23-12/h4-5,8-9,12,17,19-21H,1-3,13,16H2,(H3,14,15)/b7-6+. The fourth-order valence-corrected chi connectivity index (χ4v) is 2.18. The third-order valence-corrected chi connectivity index (χ3v) is 3.73. The molecule has 130 valence electrons. The van der Waals surface area contributed by atoms with Crippen molar-refractivity contribution in [1.29, 1.82) is 5.41 Å². The number of hydrazine groups is 1. The summed E-state index contributed by atoms with van der Waals surface area (Å²) in [4.78, 5) is 12.5. The minimum atomic E-state index is -1.50. The summed E-state index contributed by atoms with van der Waals surface area (Å²) in [6.07, 6.45) is -3.66. The molecule has 1 amide bonds. The lowest BCUT2D eigenvalue weighted by atomic mass is 10.1. The molecule has 1 aliphatic heterocycles. The average molecular weight is 330 g/mol. The van der Waals surface area contributed by atoms with Crippen molar-refractivity contribution in [1.82, 2.24) is 10.3 Å². The van der Waals surface area contributed by atoms with Crippen LogP contribution in [0.3, 0.4) is 0 Å². The number of ether oxygens (including phenoxy) is 1. The fraction of sp³-hybridized carbons (Fsp3) is 0.667. The zero-order valence-electron chi connectivity index (χ0n) is 12.3. The molecule has 11 heteroatoms. The summed E-state index contributed by atoms with van der Waals surface area (Å²) in [5.74, 6) is 4.34. The topological polar surface area (TPSA) is 204 Å². The third-order valence-electron chi connectivity index (χ3n) is 3.73. The van der Waals surface area contributed by atoms with Gasteiger partial charge in [0.05, 0.1) is 6.61 Å². The van der Waals surface area contributed by atoms with Gasteiger partial charge in [-0.15, -0.1) is 0 Å². The van der Waals surface area contributed by atoms with Crippen LogP contribution in [0.5, 0.6) is 0 Å². The van der Waals surface area contributed by atoms with Gasteiger partial charge in [-0.25, -0.2) is 10.9 Å². The molecule has 11 N–H and O–H groups in total. The summed E-state index contributed by atoms with van der Waals surface area (Å²) in [6, 6.07) is 0.0328. The minimum Gasteiger partial charge on any atom is -0.394 e. The Balaban J connectivity index is 2.19. The van der Waals surface area contributed by atoms with Crippen molar-refractivity contribution in [2.24, 2.45) is 17.3 Å². The lowest BCUT2D eigenvalue weighted by Crippen LogP contribution is -2.54. The van der Waals surface area contributed by atoms with E-state index in [-0.39, 0.29) is 17.4 Å². The molecule has 2 rings (SSSR count). The molecular formula is C12H22N6O5. The lowest BCUT2D eigenvalue weighted by Gasteiger charge is -2.27. The van der Waals surface area contributed by atoms with Gasteiger partial charge in [-0.2, -0.15) is 0 Å². The van der Waals surface area contributed by atoms with Gasteiger partial charge < -0.3 is 36.8 Å². The van der Waals surface area contributed by atoms with Crippen molar-refractivity contribution >= 4 is 11.7 Å². The second kappa shape index (κ2) is 6.68. The van der Waals surface area contributed by atoms with Gasteiger partial charge in [0.25, 0.3) is 5.91 Å². The summed E-state index contributed by atoms with van der Waals surface area (Å²) in [5.41, 5.74) is 10.5. The number of nitrogens with one attached hydrogen (secondary N) is 2. The van der Waals surface area contributed by atoms with Gasteiger partial charge in [-0.3, -0.25) is 10.2 Å². The molecule has 23 heavy (non-hydrogen) atoms. The van der Waals surface area contributed by atoms with E-state index in [1.165, 1.54) is 0 Å². The fourth-order valence-electron chi connectivity index (χ4n) is 2.18. The molecule has 2 aliphatic rings. The highest BCUT2D eigenvalue weighted by atomic mass is 16.6. The van der Waals surface area contributed by atoms with Crippen LogP contribution in [0.15, 0.2) is 11.4 Å². The number of amidine groups is 1. The Hall–Kier alpha value is -1.92. The largest absolute Gasteiger partial charge is 0.394 e. The molecule has 1 aliphatic carbocycles. The van der Waals surface area contributed by atoms with Gasteiger partial charge in [-0.05, 0) is 12.8 Å². The van der Waals surface area contributed by atoms with Crippen LogP contribution in [0.2, 0.25) is 0 Å². The van der Waals surface area contributed by atoms with Crippen LogP contribution in [-0.2, 0) is 9.53 Å². The van der Waals surface area contributed by atoms with Crippen LogP contribution in [0.4, 0.5) is 0 Å². The van der Waals surface area contributed by atoms with Gasteiger partial charge in [-0.1, -0.05) is 0 Å². The molecular weight excluding hydrogens is 308 g/mol. The number of nitrogens with two attached hydrogens (primary N) is 3. The number of carbonyl (C=O) groups is 1. The van der Waals surface area contributed by atoms with Crippen LogP contribution in [0.1, 0.15) is 12.8 Å². The number of aliphatic hydroxyl groups excluding tert-OH is 3. The molecule has 1 saturated carbocycles. The molecule has 1 heterocycles. The predicted molar refractivity (Wildman–Crippen MR) is 78.1 cm³/mol. The average Bonchev–Trinajstić information content (AvgIpc) is 3.30. The monoisotopic (exact) mass is 330 g/mol. The zero-order valence-corrected chi connectivity index (χ0v) is 12.3. The first-order valence-corrected chi connectivity index (χ1v) is 7.09. The molecule has 0 aromatic carbocycles. The molecule has 0 spiro atoms. The van der Waals surface area contributed by atoms with E-state index < -0.39 is 42.9 Å². The SMILES string of the molecule is N=C(N)/C(N)=C(\NC1CC1)C(=O)N(N)C1OC(CO)C(O)C1O. The maximum atomic E-state index is 12.5. The Bertz CT molecular complexity index is 522. The van der Waals surface area contributed by atoms with Crippen LogP contribution < -0.4 is 22.6 Å². The van der Waals surface area contributed by atoms with E-state index in [0.29, 0.717) is 5.01 Å². The van der Waals surface area contributed by atoms with Crippen molar-refractivity contribution in [2.45, 2.75) is 43.4 Å². The highest BCUT2D eigenvalue weighted by Gasteiger charge is 2.46. The van der Waals surface area contributed by atoms with Crippen molar-refractivity contribution in [2.75, 3.05) is 6.61 Å². The Morgan fingerprint density at radius 1 is 1.30 bits per heavy atom. The summed E-state index contributed by atoms with van der Waals surface area (Å²) in [6.45, 7) is -0.546. The molecule has 0 aromatic heterocycles. The summed E-state index contributed by atoms with van der Waals surface area (Å²) >= 11 is 0. The highest BCUT2D eigenvalue weighted by Crippen LogP contribution is 2.25. The van der Waals surface area contributed by atoms with Crippen LogP contribution in [-0.4, -0.2) is 69.3 Å². The Labute approximate surface area is 132 Å². The van der Waals surface area contributed by atoms with E-state index in [9.17, 15) is 15.0 Å². The van der Waals surface area contributed by atoms with Gasteiger partial charge in [0.15, 0.2) is 6.23 Å². The summed E-state index contributed by atoms with van der Waals surface area (Å²) in [5, 5.41) is 39.4. The van der Waals surface area contributed by atoms with Gasteiger partial charge in [0.2, 0.25) is 0 Å². The van der Waals surface area contributed by atoms with E-state index in [1.807, 2.05) is 0 Å². The number of hydrogen-bond donors (Lipinski definition) is 8. The van der Waals surface area contributed by atoms with Crippen LogP contribution in [0.25, 0.3) is 0 Å². The first-order chi connectivity index (χ1) is 10.8. The third kappa shape index (κ3) is 3.54. The Kier molecular flexibility index (Phi) is 5.06. The van der Waals surface area contributed by atoms with Crippen LogP contribution >= 0.6 is 0 Å². The number of carbonyl (C=O) groups excluding carboxylic acids is 1. The lowest BCUT2D eigenvalue weighted by molar-refractivity contribution is -0.150. The van der Waals surface area contributed by atoms with E-state index in [0.717, 1.165) is 12.8 Å². The molecule has 0 bridgehead atoms. The van der Waals surface area contributed by atoms with E-state index in [1.54, 1.807) is 0 Å². The van der Waals surface area contributed by atoms with Gasteiger partial charge >= 0.3 is 0 Å². The van der Waals surface area contributed by atoms with Crippen molar-refractivity contribution in [3.05, 3.63) is 11.4 Å². The molecule has 4 unspecified atom stereocenters. The van der Waals surface area contributed by atoms with Crippen molar-refractivity contribution < 1.29 is 24.9 Å². The Morgan fingerprint density at radius 3 is 2.35 bits per heavy atom. The quantitative estimate of drug-likeness (QED) is 0.0595. The number of aliphatic hydroxyl groups is 3. The minimum absolute atomic E-state index is 0.0328. The Morgan fingerprint density at radius 2 is 1.91 bits per heavy atom. The number of rotatable bonds is 6. The van der Waals surface area contributed by atoms with E-state index >= 15 is 0 Å². The zero-order chi connectivity index (χ0) is 17.3. The first-order valence-electron chi connectivity index (χ1n) is 7.09. The number of nitrogens with zero attached hydrogens (tertiary/aromatic N) is 1. The first kappa shape index (κ1) is 17.4. The normalized spacial score (nSPS) is 31.5. The van der Waals surface area contributed by atoms with Crippen molar-refractivity contribution in [3.63, 3.8) is 0 Å². The molecule has 4 atom stereocenters. The second-order valence-corrected chi connectivity index (χ2v) is 5.56. The summed E-state index contributed by atoms with van der Waals surface area (Å²) < 4.78 is 5.18. The molecule has 0 aromatic rings. The van der Waals surface area contributed by atoms with E-state index in [2.05, 4.69) is 5.32 Å². The van der Waals surface area contributed by atoms with Crippen LogP contribution in [0, 0.1) is 5.41 Å². The second-order valence-electron chi connectivity index (χ2n) is 5.56. The molecule has 11 nitrogen and oxygen atoms in total. The predicted octanol–water partition coefficient (Wildman–Crippen LogP) is -4.01. The maximum absolute atomic E-state index is 12.5. The summed E-state index contributed by atoms with van der Waals surface area (Å²) in [7, 11) is 0. The maximum Gasteiger partial charge on any atom is 0.288 e. The highest BCUT2D eigenvalue weighted by molar-refractivity contribution is 6.04. The molecule has 1 saturated heterocycles. The smallest absolute Gasteiger partial charge is 0.288 e. The molecule has 0 radical (unpaired) electrons. The molecule has 2 fully saturated rings.